The van der Waals surface area contributed by atoms with E-state index in [1.54, 1.807) is 0 Å². The van der Waals surface area contributed by atoms with Crippen molar-refractivity contribution < 1.29 is 3.89 Å². The van der Waals surface area contributed by atoms with Crippen molar-refractivity contribution in [3.05, 3.63) is 53.9 Å². The van der Waals surface area contributed by atoms with Crippen LogP contribution in [-0.4, -0.2) is 55.8 Å². The summed E-state index contributed by atoms with van der Waals surface area (Å²) in [5, 5.41) is 12.0. The van der Waals surface area contributed by atoms with Crippen LogP contribution in [0.3, 0.4) is 0 Å². The number of nitrogens with one attached hydrogen (secondary N) is 2. The van der Waals surface area contributed by atoms with Crippen LogP contribution in [-0.2, 0) is 13.1 Å². The van der Waals surface area contributed by atoms with Gasteiger partial charge in [0.1, 0.15) is 11.5 Å². The Bertz CT molecular complexity index is 1410. The quantitative estimate of drug-likeness (QED) is 0.316. The van der Waals surface area contributed by atoms with Gasteiger partial charge >= 0.3 is 0 Å². The third kappa shape index (κ3) is 5.02. The number of H-pyrrole nitrogens is 1. The first-order valence-corrected chi connectivity index (χ1v) is 13.4. The van der Waals surface area contributed by atoms with Crippen LogP contribution >= 0.6 is 12.1 Å². The molecule has 0 bridgehead atoms. The second-order valence-corrected chi connectivity index (χ2v) is 10.3. The lowest BCUT2D eigenvalue weighted by Crippen LogP contribution is -2.46. The number of rotatable bonds is 8. The third-order valence-corrected chi connectivity index (χ3v) is 7.78. The Kier molecular flexibility index (Phi) is 6.72. The average molecular weight is 517 g/mol. The number of aromatic amines is 1. The highest BCUT2D eigenvalue weighted by Crippen LogP contribution is 2.36. The minimum atomic E-state index is 0.277. The molecule has 0 unspecified atom stereocenters. The van der Waals surface area contributed by atoms with Gasteiger partial charge in [0, 0.05) is 61.5 Å². The van der Waals surface area contributed by atoms with Crippen molar-refractivity contribution in [1.82, 2.24) is 29.6 Å². The van der Waals surface area contributed by atoms with Gasteiger partial charge in [-0.1, -0.05) is 24.5 Å². The summed E-state index contributed by atoms with van der Waals surface area (Å²) in [6, 6.07) is 11.7. The molecule has 190 valence electrons. The van der Waals surface area contributed by atoms with Gasteiger partial charge in [-0.3, -0.25) is 10.00 Å². The second kappa shape index (κ2) is 10.4. The molecule has 0 radical (unpaired) electrons. The molecular weight excluding hydrogens is 487 g/mol. The summed E-state index contributed by atoms with van der Waals surface area (Å²) in [6.45, 7) is 4.69. The number of hydrogen-bond donors (Lipinski definition) is 2. The first-order chi connectivity index (χ1) is 18.2. The monoisotopic (exact) mass is 516 g/mol. The Morgan fingerprint density at radius 2 is 1.92 bits per heavy atom. The molecule has 0 atom stereocenters. The van der Waals surface area contributed by atoms with Gasteiger partial charge in [0.25, 0.3) is 0 Å². The lowest BCUT2D eigenvalue weighted by atomic mass is 9.83. The number of halogens is 1. The van der Waals surface area contributed by atoms with Gasteiger partial charge in [0.15, 0.2) is 5.82 Å². The van der Waals surface area contributed by atoms with Crippen LogP contribution in [0.2, 0.25) is 0 Å². The zero-order valence-electron chi connectivity index (χ0n) is 20.5. The van der Waals surface area contributed by atoms with Gasteiger partial charge in [-0.2, -0.15) is 19.0 Å². The summed E-state index contributed by atoms with van der Waals surface area (Å²) in [5.74, 6) is 5.48. The molecule has 0 spiro atoms. The SMILES string of the molecule is C#CCn1ccc2c(Nc3cc(C4CCC4)[nH]n3)nc(N3CCN(Cc4ccc(SF)cc4)CC3)nc21. The van der Waals surface area contributed by atoms with Crippen LogP contribution in [0, 0.1) is 12.3 Å². The summed E-state index contributed by atoms with van der Waals surface area (Å²) < 4.78 is 14.7. The molecule has 1 aromatic carbocycles. The highest BCUT2D eigenvalue weighted by atomic mass is 32.2. The molecule has 1 aliphatic heterocycles. The number of aromatic nitrogens is 5. The molecule has 8 nitrogen and oxygen atoms in total. The second-order valence-electron chi connectivity index (χ2n) is 9.70. The Labute approximate surface area is 220 Å². The summed E-state index contributed by atoms with van der Waals surface area (Å²) in [7, 11) is 0. The van der Waals surface area contributed by atoms with Gasteiger partial charge in [-0.15, -0.1) is 6.42 Å². The Morgan fingerprint density at radius 3 is 2.62 bits per heavy atom. The van der Waals surface area contributed by atoms with Crippen molar-refractivity contribution in [1.29, 1.82) is 0 Å². The highest BCUT2D eigenvalue weighted by Gasteiger charge is 2.24. The minimum absolute atomic E-state index is 0.277. The highest BCUT2D eigenvalue weighted by molar-refractivity contribution is 7.94. The molecule has 2 aliphatic rings. The van der Waals surface area contributed by atoms with Crippen molar-refractivity contribution in [2.75, 3.05) is 36.4 Å². The van der Waals surface area contributed by atoms with E-state index in [1.165, 1.54) is 30.5 Å². The van der Waals surface area contributed by atoms with Gasteiger partial charge in [0.2, 0.25) is 5.95 Å². The molecule has 1 saturated heterocycles. The maximum absolute atomic E-state index is 12.7. The van der Waals surface area contributed by atoms with E-state index >= 15 is 0 Å². The van der Waals surface area contributed by atoms with Crippen molar-refractivity contribution in [3.8, 4) is 12.3 Å². The molecular formula is C27H29FN8S. The van der Waals surface area contributed by atoms with E-state index in [0.29, 0.717) is 23.3 Å². The summed E-state index contributed by atoms with van der Waals surface area (Å²) in [5.41, 5.74) is 3.18. The smallest absolute Gasteiger partial charge is 0.229 e. The van der Waals surface area contributed by atoms with E-state index < -0.39 is 0 Å². The lowest BCUT2D eigenvalue weighted by Gasteiger charge is -2.35. The molecule has 4 aromatic rings. The number of terminal acetylenes is 1. The van der Waals surface area contributed by atoms with E-state index in [-0.39, 0.29) is 12.1 Å². The number of anilines is 3. The first kappa shape index (κ1) is 23.8. The van der Waals surface area contributed by atoms with Crippen molar-refractivity contribution in [2.45, 2.75) is 43.2 Å². The van der Waals surface area contributed by atoms with Crippen LogP contribution in [0.25, 0.3) is 11.0 Å². The normalized spacial score (nSPS) is 16.6. The number of nitrogens with zero attached hydrogens (tertiary/aromatic N) is 6. The average Bonchev–Trinajstić information content (AvgIpc) is 3.51. The number of hydrogen-bond acceptors (Lipinski definition) is 7. The molecule has 37 heavy (non-hydrogen) atoms. The predicted octanol–water partition coefficient (Wildman–Crippen LogP) is 5.10. The van der Waals surface area contributed by atoms with Gasteiger partial charge in [-0.05, 0) is 36.6 Å². The van der Waals surface area contributed by atoms with Crippen molar-refractivity contribution >= 4 is 40.8 Å². The van der Waals surface area contributed by atoms with Crippen LogP contribution < -0.4 is 10.2 Å². The number of benzene rings is 1. The van der Waals surface area contributed by atoms with Crippen molar-refractivity contribution in [2.24, 2.45) is 0 Å². The van der Waals surface area contributed by atoms with E-state index in [2.05, 4.69) is 37.3 Å². The molecule has 3 aromatic heterocycles. The molecule has 1 saturated carbocycles. The van der Waals surface area contributed by atoms with Crippen LogP contribution in [0.15, 0.2) is 47.5 Å². The molecule has 0 amide bonds. The summed E-state index contributed by atoms with van der Waals surface area (Å²) >= 11 is 0.277. The van der Waals surface area contributed by atoms with E-state index in [9.17, 15) is 3.89 Å². The number of fused-ring (bicyclic) bond motifs is 1. The zero-order valence-corrected chi connectivity index (χ0v) is 21.3. The fourth-order valence-electron chi connectivity index (χ4n) is 4.98. The summed E-state index contributed by atoms with van der Waals surface area (Å²) in [6.07, 6.45) is 11.3. The molecule has 2 fully saturated rings. The predicted molar refractivity (Wildman–Crippen MR) is 146 cm³/mol. The maximum atomic E-state index is 12.7. The lowest BCUT2D eigenvalue weighted by molar-refractivity contribution is 0.248. The molecule has 6 rings (SSSR count). The molecule has 10 heteroatoms. The Morgan fingerprint density at radius 1 is 1.11 bits per heavy atom. The summed E-state index contributed by atoms with van der Waals surface area (Å²) in [4.78, 5) is 15.1. The van der Waals surface area contributed by atoms with E-state index in [4.69, 9.17) is 16.4 Å². The Hall–Kier alpha value is -3.55. The fraction of sp³-hybridized carbons (Fsp3) is 0.370. The largest absolute Gasteiger partial charge is 0.338 e. The van der Waals surface area contributed by atoms with Gasteiger partial charge in [0.05, 0.1) is 24.1 Å². The Balaban J connectivity index is 1.21. The fourth-order valence-corrected chi connectivity index (χ4v) is 5.22. The molecule has 2 N–H and O–H groups in total. The van der Waals surface area contributed by atoms with Gasteiger partial charge < -0.3 is 14.8 Å². The first-order valence-electron chi connectivity index (χ1n) is 12.7. The van der Waals surface area contributed by atoms with Crippen LogP contribution in [0.4, 0.5) is 21.5 Å². The van der Waals surface area contributed by atoms with Gasteiger partial charge in [-0.25, -0.2) is 0 Å². The zero-order chi connectivity index (χ0) is 25.2. The standard InChI is InChI=1S/C27H29FN8S/c1-2-11-35-12-10-22-25(29-24-17-23(32-33-24)20-4-3-5-20)30-27(31-26(22)35)36-15-13-34(14-16-36)18-19-6-8-21(37-28)9-7-19/h1,6-10,12,17,20H,3-5,11,13-16,18H2,(H2,29,30,31,32,33). The van der Waals surface area contributed by atoms with E-state index in [0.717, 1.165) is 55.4 Å². The molecule has 1 aliphatic carbocycles. The van der Waals surface area contributed by atoms with Crippen LogP contribution in [0.1, 0.15) is 36.4 Å². The number of piperazine rings is 1. The van der Waals surface area contributed by atoms with E-state index in [1.807, 2.05) is 41.1 Å². The minimum Gasteiger partial charge on any atom is -0.338 e. The van der Waals surface area contributed by atoms with Crippen molar-refractivity contribution in [3.63, 3.8) is 0 Å². The van der Waals surface area contributed by atoms with Crippen LogP contribution in [0.5, 0.6) is 0 Å². The topological polar surface area (TPSA) is 77.9 Å². The maximum Gasteiger partial charge on any atom is 0.229 e. The molecule has 4 heterocycles. The third-order valence-electron chi connectivity index (χ3n) is 7.33.